The quantitative estimate of drug-likeness (QED) is 0.725. The zero-order chi connectivity index (χ0) is 16.3. The second-order valence-corrected chi connectivity index (χ2v) is 4.79. The zero-order valence-corrected chi connectivity index (χ0v) is 12.9. The van der Waals surface area contributed by atoms with Gasteiger partial charge in [-0.3, -0.25) is 4.79 Å². The number of anilines is 1. The van der Waals surface area contributed by atoms with Crippen LogP contribution in [0.5, 0.6) is 0 Å². The highest BCUT2D eigenvalue weighted by molar-refractivity contribution is 7.80. The van der Waals surface area contributed by atoms with Crippen molar-refractivity contribution in [3.8, 4) is 0 Å². The number of nitrogens with two attached hydrogens (primary N) is 1. The summed E-state index contributed by atoms with van der Waals surface area (Å²) < 4.78 is 5.79. The number of hydrogen-bond acceptors (Lipinski definition) is 5. The predicted molar refractivity (Wildman–Crippen MR) is 87.5 cm³/mol. The van der Waals surface area contributed by atoms with Gasteiger partial charge in [0.25, 0.3) is 5.56 Å². The first-order chi connectivity index (χ1) is 10.4. The van der Waals surface area contributed by atoms with E-state index in [1.165, 1.54) is 0 Å². The maximum Gasteiger partial charge on any atom is 0.426 e. The highest BCUT2D eigenvalue weighted by atomic mass is 32.1. The van der Waals surface area contributed by atoms with Crippen LogP contribution < -0.4 is 22.0 Å². The number of amides is 1. The van der Waals surface area contributed by atoms with Gasteiger partial charge in [-0.15, -0.1) is 0 Å². The molecule has 0 fully saturated rings. The molecule has 0 radical (unpaired) electrons. The van der Waals surface area contributed by atoms with Gasteiger partial charge < -0.3 is 15.8 Å². The minimum atomic E-state index is -0.730. The molecule has 0 unspecified atom stereocenters. The summed E-state index contributed by atoms with van der Waals surface area (Å²) in [5.74, 6) is 0.334. The van der Waals surface area contributed by atoms with E-state index in [1.54, 1.807) is 32.0 Å². The minimum Gasteiger partial charge on any atom is -0.449 e. The van der Waals surface area contributed by atoms with E-state index >= 15 is 0 Å². The monoisotopic (exact) mass is 321 g/mol. The lowest BCUT2D eigenvalue weighted by atomic mass is 10.2. The van der Waals surface area contributed by atoms with Gasteiger partial charge in [0.05, 0.1) is 17.5 Å². The Hall–Kier alpha value is -2.68. The Morgan fingerprint density at radius 3 is 2.86 bits per heavy atom. The first-order valence-corrected chi connectivity index (χ1v) is 6.87. The lowest BCUT2D eigenvalue weighted by Gasteiger charge is -2.12. The van der Waals surface area contributed by atoms with E-state index in [0.29, 0.717) is 22.4 Å². The van der Waals surface area contributed by atoms with Gasteiger partial charge >= 0.3 is 6.09 Å². The van der Waals surface area contributed by atoms with Crippen molar-refractivity contribution in [1.29, 1.82) is 0 Å². The van der Waals surface area contributed by atoms with Crippen molar-refractivity contribution in [3.05, 3.63) is 34.4 Å². The fraction of sp³-hybridized carbons (Fsp3) is 0.231. The topological polar surface area (TPSA) is 111 Å². The van der Waals surface area contributed by atoms with Gasteiger partial charge in [0.15, 0.2) is 5.11 Å². The number of nitrogens with one attached hydrogen (secondary N) is 2. The van der Waals surface area contributed by atoms with Gasteiger partial charge in [-0.2, -0.15) is 4.68 Å². The second-order valence-electron chi connectivity index (χ2n) is 4.35. The summed E-state index contributed by atoms with van der Waals surface area (Å²) in [4.78, 5) is 28.3. The smallest absolute Gasteiger partial charge is 0.426 e. The molecule has 22 heavy (non-hydrogen) atoms. The number of thiocarbonyl (C=S) groups is 1. The fourth-order valence-corrected chi connectivity index (χ4v) is 2.02. The maximum absolute atomic E-state index is 12.5. The number of fused-ring (bicyclic) bond motifs is 1. The third-order valence-corrected chi connectivity index (χ3v) is 2.88. The number of carbonyl (C=O) groups excluding carboxylic acids is 1. The molecule has 2 rings (SSSR count). The van der Waals surface area contributed by atoms with Crippen molar-refractivity contribution in [2.24, 2.45) is 5.73 Å². The first-order valence-electron chi connectivity index (χ1n) is 6.46. The fourth-order valence-electron chi connectivity index (χ4n) is 1.90. The lowest BCUT2D eigenvalue weighted by Crippen LogP contribution is -2.35. The molecule has 0 aliphatic carbocycles. The average molecular weight is 321 g/mol. The molecule has 1 aromatic heterocycles. The largest absolute Gasteiger partial charge is 0.449 e. The summed E-state index contributed by atoms with van der Waals surface area (Å²) in [6, 6.07) is 4.93. The molecule has 2 aromatic rings. The number of ether oxygens (including phenoxy) is 1. The highest BCUT2D eigenvalue weighted by Crippen LogP contribution is 2.14. The molecule has 0 aliphatic heterocycles. The third kappa shape index (κ3) is 3.31. The first kappa shape index (κ1) is 15.7. The molecule has 8 nitrogen and oxygen atoms in total. The summed E-state index contributed by atoms with van der Waals surface area (Å²) >= 11 is 4.76. The number of rotatable bonds is 3. The Balaban J connectivity index is 2.51. The summed E-state index contributed by atoms with van der Waals surface area (Å²) in [7, 11) is 0. The standard InChI is InChI=1S/C13H15N5O3S/c1-3-21-13(20)17-18-7(2)15-10-5-4-8(16-12(14)22)6-9(10)11(18)19/h4-6H,3H2,1-2H3,(H,17,20)(H3,14,16,22). The molecule has 9 heteroatoms. The molecule has 116 valence electrons. The number of aromatic nitrogens is 2. The Morgan fingerprint density at radius 1 is 1.50 bits per heavy atom. The van der Waals surface area contributed by atoms with Gasteiger partial charge in [-0.05, 0) is 44.3 Å². The molecule has 1 amide bonds. The van der Waals surface area contributed by atoms with Gasteiger partial charge in [-0.1, -0.05) is 0 Å². The van der Waals surface area contributed by atoms with Crippen LogP contribution in [0.2, 0.25) is 0 Å². The van der Waals surface area contributed by atoms with Crippen LogP contribution in [0.15, 0.2) is 23.0 Å². The number of nitrogens with zero attached hydrogens (tertiary/aromatic N) is 2. The van der Waals surface area contributed by atoms with E-state index in [-0.39, 0.29) is 11.7 Å². The van der Waals surface area contributed by atoms with Crippen LogP contribution in [0.25, 0.3) is 10.9 Å². The Labute approximate surface area is 131 Å². The Kier molecular flexibility index (Phi) is 4.56. The minimum absolute atomic E-state index is 0.0874. The number of aryl methyl sites for hydroxylation is 1. The normalized spacial score (nSPS) is 10.3. The van der Waals surface area contributed by atoms with Crippen molar-refractivity contribution >= 4 is 40.0 Å². The average Bonchev–Trinajstić information content (AvgIpc) is 2.44. The number of hydrogen-bond donors (Lipinski definition) is 3. The maximum atomic E-state index is 12.5. The molecular weight excluding hydrogens is 306 g/mol. The molecular formula is C13H15N5O3S. The van der Waals surface area contributed by atoms with E-state index in [4.69, 9.17) is 22.7 Å². The summed E-state index contributed by atoms with van der Waals surface area (Å²) in [5, 5.41) is 3.14. The third-order valence-electron chi connectivity index (χ3n) is 2.78. The van der Waals surface area contributed by atoms with E-state index in [2.05, 4.69) is 15.7 Å². The van der Waals surface area contributed by atoms with Gasteiger partial charge in [0, 0.05) is 5.69 Å². The van der Waals surface area contributed by atoms with Crippen LogP contribution in [-0.2, 0) is 4.74 Å². The Bertz CT molecular complexity index is 802. The van der Waals surface area contributed by atoms with Crippen LogP contribution in [0, 0.1) is 6.92 Å². The van der Waals surface area contributed by atoms with E-state index < -0.39 is 11.7 Å². The molecule has 1 heterocycles. The molecule has 0 spiro atoms. The van der Waals surface area contributed by atoms with Crippen LogP contribution in [0.4, 0.5) is 10.5 Å². The molecule has 4 N–H and O–H groups in total. The SMILES string of the molecule is CCOC(=O)Nn1c(C)nc2ccc(NC(N)=S)cc2c1=O. The van der Waals surface area contributed by atoms with Gasteiger partial charge in [0.2, 0.25) is 0 Å². The lowest BCUT2D eigenvalue weighted by molar-refractivity contribution is 0.164. The number of carbonyl (C=O) groups is 1. The van der Waals surface area contributed by atoms with Crippen molar-refractivity contribution in [1.82, 2.24) is 9.66 Å². The summed E-state index contributed by atoms with van der Waals surface area (Å²) in [6.07, 6.45) is -0.730. The molecule has 1 aromatic carbocycles. The van der Waals surface area contributed by atoms with Crippen molar-refractivity contribution in [3.63, 3.8) is 0 Å². The van der Waals surface area contributed by atoms with Crippen LogP contribution in [-0.4, -0.2) is 27.5 Å². The second kappa shape index (κ2) is 6.39. The van der Waals surface area contributed by atoms with Crippen LogP contribution in [0.3, 0.4) is 0 Å². The van der Waals surface area contributed by atoms with Crippen molar-refractivity contribution in [2.45, 2.75) is 13.8 Å². The summed E-state index contributed by atoms with van der Waals surface area (Å²) in [6.45, 7) is 3.47. The van der Waals surface area contributed by atoms with E-state index in [1.807, 2.05) is 0 Å². The zero-order valence-electron chi connectivity index (χ0n) is 12.0. The van der Waals surface area contributed by atoms with Crippen molar-refractivity contribution in [2.75, 3.05) is 17.3 Å². The molecule has 0 aliphatic rings. The van der Waals surface area contributed by atoms with Crippen molar-refractivity contribution < 1.29 is 9.53 Å². The van der Waals surface area contributed by atoms with Crippen LogP contribution in [0.1, 0.15) is 12.7 Å². The highest BCUT2D eigenvalue weighted by Gasteiger charge is 2.11. The van der Waals surface area contributed by atoms with Gasteiger partial charge in [0.1, 0.15) is 5.82 Å². The summed E-state index contributed by atoms with van der Waals surface area (Å²) in [5.41, 5.74) is 8.38. The van der Waals surface area contributed by atoms with Gasteiger partial charge in [-0.25, -0.2) is 15.2 Å². The Morgan fingerprint density at radius 2 is 2.23 bits per heavy atom. The molecule has 0 saturated carbocycles. The van der Waals surface area contributed by atoms with Crippen LogP contribution >= 0.6 is 12.2 Å². The molecule has 0 atom stereocenters. The molecule has 0 bridgehead atoms. The predicted octanol–water partition coefficient (Wildman–Crippen LogP) is 1.06. The molecule has 0 saturated heterocycles. The van der Waals surface area contributed by atoms with E-state index in [9.17, 15) is 9.59 Å². The van der Waals surface area contributed by atoms with E-state index in [0.717, 1.165) is 4.68 Å². The number of benzene rings is 1.